The number of hydrogen-bond donors (Lipinski definition) is 1. The lowest BCUT2D eigenvalue weighted by molar-refractivity contribution is -0.123. The van der Waals surface area contributed by atoms with Crippen LogP contribution in [0.2, 0.25) is 10.0 Å². The largest absolute Gasteiger partial charge is 0.495 e. The van der Waals surface area contributed by atoms with Crippen molar-refractivity contribution in [3.8, 4) is 5.75 Å². The van der Waals surface area contributed by atoms with Gasteiger partial charge in [0.15, 0.2) is 12.1 Å². The van der Waals surface area contributed by atoms with Crippen molar-refractivity contribution < 1.29 is 19.1 Å². The molecule has 9 nitrogen and oxygen atoms in total. The first kappa shape index (κ1) is 21.1. The lowest BCUT2D eigenvalue weighted by Gasteiger charge is -2.20. The van der Waals surface area contributed by atoms with Gasteiger partial charge in [-0.15, -0.1) is 0 Å². The normalized spacial score (nSPS) is 19.7. The summed E-state index contributed by atoms with van der Waals surface area (Å²) in [6, 6.07) is 7.68. The monoisotopic (exact) mass is 461 g/mol. The smallest absolute Gasteiger partial charge is 0.263 e. The summed E-state index contributed by atoms with van der Waals surface area (Å²) in [5, 5.41) is 12.5. The van der Waals surface area contributed by atoms with Gasteiger partial charge in [0.05, 0.1) is 18.5 Å². The lowest BCUT2D eigenvalue weighted by Crippen LogP contribution is -2.43. The van der Waals surface area contributed by atoms with E-state index in [0.29, 0.717) is 27.2 Å². The lowest BCUT2D eigenvalue weighted by atomic mass is 10.1. The van der Waals surface area contributed by atoms with Crippen molar-refractivity contribution in [3.63, 3.8) is 0 Å². The maximum Gasteiger partial charge on any atom is 0.263 e. The van der Waals surface area contributed by atoms with Crippen molar-refractivity contribution in [3.05, 3.63) is 52.0 Å². The predicted molar refractivity (Wildman–Crippen MR) is 114 cm³/mol. The molecule has 0 aliphatic carbocycles. The number of anilines is 2. The van der Waals surface area contributed by atoms with E-state index in [-0.39, 0.29) is 6.54 Å². The van der Waals surface area contributed by atoms with E-state index in [9.17, 15) is 14.4 Å². The maximum atomic E-state index is 13.0. The van der Waals surface area contributed by atoms with Crippen LogP contribution >= 0.6 is 23.2 Å². The molecule has 4 rings (SSSR count). The molecule has 2 aliphatic rings. The van der Waals surface area contributed by atoms with Crippen LogP contribution in [0.15, 0.2) is 46.7 Å². The second-order valence-corrected chi connectivity index (χ2v) is 7.87. The van der Waals surface area contributed by atoms with Crippen LogP contribution < -0.4 is 15.0 Å². The van der Waals surface area contributed by atoms with Gasteiger partial charge in [0.2, 0.25) is 5.91 Å². The molecule has 31 heavy (non-hydrogen) atoms. The Bertz CT molecular complexity index is 1120. The number of amides is 3. The van der Waals surface area contributed by atoms with Gasteiger partial charge in [0.25, 0.3) is 11.8 Å². The molecule has 2 atom stereocenters. The highest BCUT2D eigenvalue weighted by molar-refractivity contribution is 6.32. The molecule has 3 amide bonds. The number of nitrogens with one attached hydrogen (secondary N) is 1. The molecule has 0 radical (unpaired) electrons. The van der Waals surface area contributed by atoms with Crippen molar-refractivity contribution in [2.75, 3.05) is 23.9 Å². The molecule has 1 N–H and O–H groups in total. The first-order chi connectivity index (χ1) is 14.8. The molecule has 1 saturated heterocycles. The zero-order valence-corrected chi connectivity index (χ0v) is 18.0. The second-order valence-electron chi connectivity index (χ2n) is 7.03. The average Bonchev–Trinajstić information content (AvgIpc) is 3.24. The van der Waals surface area contributed by atoms with Gasteiger partial charge >= 0.3 is 0 Å². The number of hydrogen-bond acceptors (Lipinski definition) is 7. The SMILES string of the molecule is COc1ccc(Cl)cc1NC(=O)CN1N=NC2C(=O)N(c3ccc(C)c(Cl)c3)C(=O)C21. The number of aryl methyl sites for hydroxylation is 1. The minimum atomic E-state index is -1.01. The van der Waals surface area contributed by atoms with Gasteiger partial charge in [-0.3, -0.25) is 19.4 Å². The van der Waals surface area contributed by atoms with Crippen LogP contribution in [0.5, 0.6) is 5.75 Å². The molecule has 2 aromatic rings. The number of methoxy groups -OCH3 is 1. The van der Waals surface area contributed by atoms with Gasteiger partial charge < -0.3 is 10.1 Å². The van der Waals surface area contributed by atoms with Crippen molar-refractivity contribution in [1.29, 1.82) is 0 Å². The summed E-state index contributed by atoms with van der Waals surface area (Å²) in [5.41, 5.74) is 1.54. The van der Waals surface area contributed by atoms with Gasteiger partial charge in [-0.25, -0.2) is 4.90 Å². The molecule has 0 saturated carbocycles. The first-order valence-electron chi connectivity index (χ1n) is 9.25. The fraction of sp³-hybridized carbons (Fsp3) is 0.250. The molecule has 2 heterocycles. The number of carbonyl (C=O) groups is 3. The van der Waals surface area contributed by atoms with Gasteiger partial charge in [-0.1, -0.05) is 34.5 Å². The molecule has 2 aliphatic heterocycles. The Morgan fingerprint density at radius 2 is 1.94 bits per heavy atom. The van der Waals surface area contributed by atoms with Crippen molar-refractivity contribution in [2.45, 2.75) is 19.0 Å². The number of nitrogens with zero attached hydrogens (tertiary/aromatic N) is 4. The van der Waals surface area contributed by atoms with Crippen LogP contribution in [0.4, 0.5) is 11.4 Å². The van der Waals surface area contributed by atoms with E-state index in [4.69, 9.17) is 27.9 Å². The van der Waals surface area contributed by atoms with Crippen LogP contribution in [0, 0.1) is 6.92 Å². The molecule has 11 heteroatoms. The Morgan fingerprint density at radius 1 is 1.16 bits per heavy atom. The van der Waals surface area contributed by atoms with Gasteiger partial charge in [0, 0.05) is 10.0 Å². The average molecular weight is 462 g/mol. The van der Waals surface area contributed by atoms with Crippen LogP contribution in [0.1, 0.15) is 5.56 Å². The molecular weight excluding hydrogens is 445 g/mol. The van der Waals surface area contributed by atoms with Crippen molar-refractivity contribution in [1.82, 2.24) is 5.01 Å². The maximum absolute atomic E-state index is 13.0. The summed E-state index contributed by atoms with van der Waals surface area (Å²) in [6.07, 6.45) is 0. The molecule has 160 valence electrons. The molecule has 0 bridgehead atoms. The summed E-state index contributed by atoms with van der Waals surface area (Å²) in [7, 11) is 1.47. The Morgan fingerprint density at radius 3 is 2.65 bits per heavy atom. The van der Waals surface area contributed by atoms with E-state index in [1.165, 1.54) is 12.1 Å². The Balaban J connectivity index is 1.51. The van der Waals surface area contributed by atoms with Gasteiger partial charge in [0.1, 0.15) is 12.3 Å². The van der Waals surface area contributed by atoms with E-state index >= 15 is 0 Å². The highest BCUT2D eigenvalue weighted by Crippen LogP contribution is 2.34. The molecule has 0 aromatic heterocycles. The van der Waals surface area contributed by atoms with Crippen LogP contribution in [0.25, 0.3) is 0 Å². The molecule has 2 unspecified atom stereocenters. The molecule has 2 aromatic carbocycles. The number of halogens is 2. The Hall–Kier alpha value is -3.17. The third-order valence-corrected chi connectivity index (χ3v) is 5.66. The second kappa shape index (κ2) is 8.16. The van der Waals surface area contributed by atoms with E-state index in [2.05, 4.69) is 15.7 Å². The minimum absolute atomic E-state index is 0.290. The molecule has 1 fully saturated rings. The number of benzene rings is 2. The standard InChI is InChI=1S/C20H17Cl2N5O4/c1-10-3-5-12(8-13(10)22)27-19(29)17-18(20(27)30)26(25-24-17)9-16(28)23-14-7-11(21)4-6-15(14)31-2/h3-8,17-18H,9H2,1-2H3,(H,23,28). The summed E-state index contributed by atoms with van der Waals surface area (Å²) >= 11 is 12.1. The van der Waals surface area contributed by atoms with E-state index in [1.54, 1.807) is 36.4 Å². The number of ether oxygens (including phenoxy) is 1. The van der Waals surface area contributed by atoms with E-state index in [1.807, 2.05) is 6.92 Å². The highest BCUT2D eigenvalue weighted by atomic mass is 35.5. The number of rotatable bonds is 5. The first-order valence-corrected chi connectivity index (χ1v) is 10.0. The topological polar surface area (TPSA) is 104 Å². The van der Waals surface area contributed by atoms with Gasteiger partial charge in [-0.05, 0) is 42.8 Å². The van der Waals surface area contributed by atoms with Crippen molar-refractivity contribution >= 4 is 52.3 Å². The van der Waals surface area contributed by atoms with Crippen LogP contribution in [-0.4, -0.2) is 48.5 Å². The van der Waals surface area contributed by atoms with E-state index in [0.717, 1.165) is 10.5 Å². The Kier molecular flexibility index (Phi) is 5.55. The molecule has 0 spiro atoms. The third-order valence-electron chi connectivity index (χ3n) is 5.01. The summed E-state index contributed by atoms with van der Waals surface area (Å²) < 4.78 is 5.21. The Labute approximate surface area is 187 Å². The van der Waals surface area contributed by atoms with Crippen LogP contribution in [0.3, 0.4) is 0 Å². The van der Waals surface area contributed by atoms with Gasteiger partial charge in [-0.2, -0.15) is 5.11 Å². The number of fused-ring (bicyclic) bond motifs is 1. The number of carbonyl (C=O) groups excluding carboxylic acids is 3. The highest BCUT2D eigenvalue weighted by Gasteiger charge is 2.55. The summed E-state index contributed by atoms with van der Waals surface area (Å²) in [4.78, 5) is 39.4. The minimum Gasteiger partial charge on any atom is -0.495 e. The predicted octanol–water partition coefficient (Wildman–Crippen LogP) is 3.24. The fourth-order valence-corrected chi connectivity index (χ4v) is 3.79. The zero-order chi connectivity index (χ0) is 22.3. The fourth-order valence-electron chi connectivity index (χ4n) is 3.44. The zero-order valence-electron chi connectivity index (χ0n) is 16.5. The molecular formula is C20H17Cl2N5O4. The summed E-state index contributed by atoms with van der Waals surface area (Å²) in [6.45, 7) is 1.53. The number of imide groups is 1. The summed E-state index contributed by atoms with van der Waals surface area (Å²) in [5.74, 6) is -1.09. The van der Waals surface area contributed by atoms with E-state index < -0.39 is 29.8 Å². The van der Waals surface area contributed by atoms with Crippen molar-refractivity contribution in [2.24, 2.45) is 10.3 Å². The third kappa shape index (κ3) is 3.82. The van der Waals surface area contributed by atoms with Crippen LogP contribution in [-0.2, 0) is 14.4 Å². The quantitative estimate of drug-likeness (QED) is 0.688.